The highest BCUT2D eigenvalue weighted by Gasteiger charge is 2.14. The van der Waals surface area contributed by atoms with E-state index in [1.54, 1.807) is 0 Å². The van der Waals surface area contributed by atoms with Crippen LogP contribution in [0.1, 0.15) is 25.7 Å². The monoisotopic (exact) mass is 162 g/mol. The third-order valence-electron chi connectivity index (χ3n) is 2.09. The Morgan fingerprint density at radius 1 is 1.42 bits per heavy atom. The first-order valence-corrected chi connectivity index (χ1v) is 4.27. The molecule has 0 aliphatic carbocycles. The van der Waals surface area contributed by atoms with E-state index in [1.807, 2.05) is 5.94 Å². The lowest BCUT2D eigenvalue weighted by molar-refractivity contribution is 0.410. The molecule has 2 nitrogen and oxygen atoms in total. The van der Waals surface area contributed by atoms with Crippen molar-refractivity contribution in [1.82, 2.24) is 4.90 Å². The van der Waals surface area contributed by atoms with E-state index in [4.69, 9.17) is 6.42 Å². The summed E-state index contributed by atoms with van der Waals surface area (Å²) in [5.74, 6) is 4.23. The van der Waals surface area contributed by atoms with Crippen LogP contribution in [0, 0.1) is 12.3 Å². The van der Waals surface area contributed by atoms with E-state index in [9.17, 15) is 4.79 Å². The van der Waals surface area contributed by atoms with Crippen molar-refractivity contribution >= 4 is 5.94 Å². The molecule has 0 N–H and O–H groups in total. The van der Waals surface area contributed by atoms with Crippen LogP contribution >= 0.6 is 0 Å². The minimum absolute atomic E-state index is 0.529. The molecule has 0 amide bonds. The zero-order valence-corrected chi connectivity index (χ0v) is 7.10. The van der Waals surface area contributed by atoms with Crippen molar-refractivity contribution in [2.24, 2.45) is 0 Å². The molecule has 0 aromatic carbocycles. The SMILES string of the molecule is [C]#CCCC(=C=O)N1CCCC1. The molecule has 0 saturated carbocycles. The summed E-state index contributed by atoms with van der Waals surface area (Å²) in [6.07, 6.45) is 10.2. The van der Waals surface area contributed by atoms with E-state index in [0.717, 1.165) is 13.1 Å². The molecule has 0 unspecified atom stereocenters. The maximum absolute atomic E-state index is 10.5. The Labute approximate surface area is 73.2 Å². The van der Waals surface area contributed by atoms with Gasteiger partial charge in [-0.15, -0.1) is 0 Å². The van der Waals surface area contributed by atoms with Gasteiger partial charge in [0.1, 0.15) is 5.94 Å². The summed E-state index contributed by atoms with van der Waals surface area (Å²) in [6.45, 7) is 1.95. The Hall–Kier alpha value is -1.19. The van der Waals surface area contributed by atoms with Crippen LogP contribution in [0.3, 0.4) is 0 Å². The highest BCUT2D eigenvalue weighted by molar-refractivity contribution is 5.51. The predicted octanol–water partition coefficient (Wildman–Crippen LogP) is 1.17. The van der Waals surface area contributed by atoms with Crippen molar-refractivity contribution in [3.8, 4) is 5.92 Å². The van der Waals surface area contributed by atoms with E-state index < -0.39 is 0 Å². The number of likely N-dealkylation sites (tertiary alicyclic amines) is 1. The number of hydrogen-bond donors (Lipinski definition) is 0. The van der Waals surface area contributed by atoms with Crippen molar-refractivity contribution in [2.45, 2.75) is 25.7 Å². The summed E-state index contributed by atoms with van der Waals surface area (Å²) in [5, 5.41) is 0. The van der Waals surface area contributed by atoms with Crippen LogP contribution in [-0.4, -0.2) is 23.9 Å². The van der Waals surface area contributed by atoms with Gasteiger partial charge in [-0.2, -0.15) is 0 Å². The summed E-state index contributed by atoms with van der Waals surface area (Å²) in [5.41, 5.74) is 0.715. The van der Waals surface area contributed by atoms with Crippen LogP contribution in [0.5, 0.6) is 0 Å². The first-order chi connectivity index (χ1) is 5.88. The minimum atomic E-state index is 0.529. The normalized spacial score (nSPS) is 15.4. The molecule has 0 bridgehead atoms. The van der Waals surface area contributed by atoms with Gasteiger partial charge in [0.2, 0.25) is 0 Å². The summed E-state index contributed by atoms with van der Waals surface area (Å²) < 4.78 is 0. The van der Waals surface area contributed by atoms with E-state index in [2.05, 4.69) is 10.8 Å². The molecule has 1 saturated heterocycles. The average molecular weight is 162 g/mol. The predicted molar refractivity (Wildman–Crippen MR) is 46.4 cm³/mol. The molecule has 1 fully saturated rings. The Morgan fingerprint density at radius 2 is 2.08 bits per heavy atom. The largest absolute Gasteiger partial charge is 0.366 e. The number of allylic oxidation sites excluding steroid dienone is 1. The molecule has 1 heterocycles. The van der Waals surface area contributed by atoms with Gasteiger partial charge in [0.15, 0.2) is 0 Å². The second kappa shape index (κ2) is 4.64. The van der Waals surface area contributed by atoms with Gasteiger partial charge in [0.05, 0.1) is 5.70 Å². The number of nitrogens with zero attached hydrogens (tertiary/aromatic N) is 1. The molecule has 1 rings (SSSR count). The first kappa shape index (κ1) is 8.90. The summed E-state index contributed by atoms with van der Waals surface area (Å²) in [4.78, 5) is 12.6. The third-order valence-corrected chi connectivity index (χ3v) is 2.09. The zero-order chi connectivity index (χ0) is 8.81. The van der Waals surface area contributed by atoms with E-state index in [0.29, 0.717) is 18.5 Å². The Kier molecular flexibility index (Phi) is 3.44. The van der Waals surface area contributed by atoms with Crippen LogP contribution in [0.2, 0.25) is 0 Å². The van der Waals surface area contributed by atoms with Gasteiger partial charge in [-0.05, 0) is 19.3 Å². The molecule has 12 heavy (non-hydrogen) atoms. The van der Waals surface area contributed by atoms with E-state index >= 15 is 0 Å². The van der Waals surface area contributed by atoms with Gasteiger partial charge < -0.3 is 4.90 Å². The minimum Gasteiger partial charge on any atom is -0.366 e. The lowest BCUT2D eigenvalue weighted by atomic mass is 10.2. The molecule has 0 aromatic rings. The number of carbonyl (C=O) groups excluding carboxylic acids is 1. The molecule has 2 heteroatoms. The molecule has 0 spiro atoms. The van der Waals surface area contributed by atoms with Crippen LogP contribution in [0.15, 0.2) is 5.70 Å². The van der Waals surface area contributed by atoms with Crippen LogP contribution in [0.25, 0.3) is 0 Å². The van der Waals surface area contributed by atoms with Crippen LogP contribution in [0.4, 0.5) is 0 Å². The molecule has 63 valence electrons. The Bertz CT molecular complexity index is 227. The standard InChI is InChI=1S/C10H12NO/c1-2-3-6-10(9-12)11-7-4-5-8-11/h3-8H2. The van der Waals surface area contributed by atoms with Crippen molar-refractivity contribution < 1.29 is 4.79 Å². The number of rotatable bonds is 3. The van der Waals surface area contributed by atoms with Crippen LogP contribution in [-0.2, 0) is 4.79 Å². The van der Waals surface area contributed by atoms with Gasteiger partial charge in [-0.1, -0.05) is 5.92 Å². The summed E-state index contributed by atoms with van der Waals surface area (Å²) in [7, 11) is 0. The summed E-state index contributed by atoms with van der Waals surface area (Å²) in [6, 6.07) is 0. The van der Waals surface area contributed by atoms with E-state index in [1.165, 1.54) is 12.8 Å². The maximum Gasteiger partial charge on any atom is 0.145 e. The fourth-order valence-corrected chi connectivity index (χ4v) is 1.44. The lowest BCUT2D eigenvalue weighted by Gasteiger charge is -2.16. The first-order valence-electron chi connectivity index (χ1n) is 4.27. The second-order valence-corrected chi connectivity index (χ2v) is 2.92. The van der Waals surface area contributed by atoms with Gasteiger partial charge >= 0.3 is 0 Å². The molecule has 1 aliphatic heterocycles. The average Bonchev–Trinajstić information content (AvgIpc) is 2.59. The highest BCUT2D eigenvalue weighted by Crippen LogP contribution is 2.15. The fourth-order valence-electron chi connectivity index (χ4n) is 1.44. The third kappa shape index (κ3) is 2.15. The maximum atomic E-state index is 10.5. The van der Waals surface area contributed by atoms with Crippen molar-refractivity contribution in [2.75, 3.05) is 13.1 Å². The Balaban J connectivity index is 2.46. The zero-order valence-electron chi connectivity index (χ0n) is 7.10. The van der Waals surface area contributed by atoms with Crippen molar-refractivity contribution in [3.63, 3.8) is 0 Å². The van der Waals surface area contributed by atoms with E-state index in [-0.39, 0.29) is 0 Å². The molecule has 1 aliphatic rings. The molecule has 1 radical (unpaired) electrons. The van der Waals surface area contributed by atoms with Gasteiger partial charge in [-0.3, -0.25) is 0 Å². The van der Waals surface area contributed by atoms with Gasteiger partial charge in [0.25, 0.3) is 0 Å². The lowest BCUT2D eigenvalue weighted by Crippen LogP contribution is -2.18. The number of hydrogen-bond acceptors (Lipinski definition) is 2. The topological polar surface area (TPSA) is 20.3 Å². The van der Waals surface area contributed by atoms with Gasteiger partial charge in [0, 0.05) is 25.9 Å². The van der Waals surface area contributed by atoms with Crippen molar-refractivity contribution in [1.29, 1.82) is 0 Å². The molecule has 0 aromatic heterocycles. The molecular formula is C10H12NO. The van der Waals surface area contributed by atoms with Gasteiger partial charge in [-0.25, -0.2) is 4.79 Å². The fraction of sp³-hybridized carbons (Fsp3) is 0.600. The molecule has 0 atom stereocenters. The quantitative estimate of drug-likeness (QED) is 0.458. The molecular weight excluding hydrogens is 150 g/mol. The Morgan fingerprint density at radius 3 is 2.58 bits per heavy atom. The smallest absolute Gasteiger partial charge is 0.145 e. The van der Waals surface area contributed by atoms with Crippen molar-refractivity contribution in [3.05, 3.63) is 12.1 Å². The second-order valence-electron chi connectivity index (χ2n) is 2.92. The highest BCUT2D eigenvalue weighted by atomic mass is 16.1. The summed E-state index contributed by atoms with van der Waals surface area (Å²) >= 11 is 0. The van der Waals surface area contributed by atoms with Crippen LogP contribution < -0.4 is 0 Å².